The molecule has 0 saturated heterocycles. The van der Waals surface area contributed by atoms with Gasteiger partial charge in [0.25, 0.3) is 0 Å². The largest absolute Gasteiger partial charge is 0.185 e. The summed E-state index contributed by atoms with van der Waals surface area (Å²) in [6, 6.07) is 0. The molecule has 0 spiro atoms. The van der Waals surface area contributed by atoms with Crippen molar-refractivity contribution >= 4 is 69.6 Å². The molecule has 0 aromatic heterocycles. The van der Waals surface area contributed by atoms with Gasteiger partial charge in [-0.3, -0.25) is 0 Å². The molecule has 0 bridgehead atoms. The molecule has 0 rings (SSSR count). The predicted molar refractivity (Wildman–Crippen MR) is 69.4 cm³/mol. The number of hydrogen-bond donors (Lipinski definition) is 0. The van der Waals surface area contributed by atoms with Crippen LogP contribution in [0.2, 0.25) is 0 Å². The van der Waals surface area contributed by atoms with Crippen molar-refractivity contribution in [3.63, 3.8) is 0 Å². The molecule has 1 nitrogen and oxygen atoms in total. The third kappa shape index (κ3) is 5.30. The van der Waals surface area contributed by atoms with E-state index in [9.17, 15) is 0 Å². The second-order valence-corrected chi connectivity index (χ2v) is 25.3. The lowest BCUT2D eigenvalue weighted by atomic mass is 13.9. The van der Waals surface area contributed by atoms with Gasteiger partial charge in [-0.2, -0.15) is 4.13 Å². The molecule has 4 unspecified atom stereocenters. The number of rotatable bonds is 3. The van der Waals surface area contributed by atoms with Crippen LogP contribution in [0, 0.1) is 0 Å². The van der Waals surface area contributed by atoms with Crippen LogP contribution in [0.5, 0.6) is 0 Å². The molecule has 0 aliphatic heterocycles. The Morgan fingerprint density at radius 1 is 1.00 bits per heavy atom. The summed E-state index contributed by atoms with van der Waals surface area (Å²) in [5, 5.41) is 0. The van der Waals surface area contributed by atoms with Gasteiger partial charge in [-0.25, -0.2) is 0 Å². The molecule has 0 heterocycles. The highest BCUT2D eigenvalue weighted by Gasteiger charge is 2.15. The van der Waals surface area contributed by atoms with Crippen molar-refractivity contribution in [2.45, 2.75) is 0 Å². The van der Waals surface area contributed by atoms with Gasteiger partial charge in [-0.05, 0) is 14.0 Å². The van der Waals surface area contributed by atoms with Crippen molar-refractivity contribution in [1.29, 1.82) is 0 Å². The molecule has 54 valence electrons. The Labute approximate surface area is 73.7 Å². The van der Waals surface area contributed by atoms with Crippen LogP contribution >= 0.6 is 57.1 Å². The number of hydrogen-bond acceptors (Lipinski definition) is 2. The third-order valence-corrected chi connectivity index (χ3v) is 24.3. The zero-order valence-corrected chi connectivity index (χ0v) is 12.6. The van der Waals surface area contributed by atoms with Crippen molar-refractivity contribution in [1.82, 2.24) is 0 Å². The molecule has 0 amide bonds. The average molecular weight is 271 g/mol. The first-order valence-corrected chi connectivity index (χ1v) is 14.0. The summed E-state index contributed by atoms with van der Waals surface area (Å²) >= 11 is 4.66. The lowest BCUT2D eigenvalue weighted by Gasteiger charge is -2.16. The van der Waals surface area contributed by atoms with Crippen LogP contribution in [0.4, 0.5) is 0 Å². The van der Waals surface area contributed by atoms with Gasteiger partial charge in [0.05, 0.1) is 7.45 Å². The molecule has 0 aromatic rings. The Bertz CT molecular complexity index is 80.9. The van der Waals surface area contributed by atoms with Crippen LogP contribution in [0.25, 0.3) is 0 Å². The topological polar surface area (TPSA) is 12.4 Å². The normalized spacial score (nSPS) is 11.4. The van der Waals surface area contributed by atoms with Crippen LogP contribution in [0.3, 0.4) is 0 Å². The van der Waals surface area contributed by atoms with Crippen LogP contribution in [0.1, 0.15) is 0 Å². The Morgan fingerprint density at radius 3 is 1.33 bits per heavy atom. The maximum absolute atomic E-state index is 4.66. The minimum absolute atomic E-state index is 0.0890. The molecule has 0 N–H and O–H groups in total. The second-order valence-electron chi connectivity index (χ2n) is 1.11. The SMILES string of the molecule is PP(P)P(N=S)P(P)P. The van der Waals surface area contributed by atoms with E-state index in [1.165, 1.54) is 0 Å². The molecule has 9 heteroatoms. The Hall–Kier alpha value is 3.03. The summed E-state index contributed by atoms with van der Waals surface area (Å²) in [6.07, 6.45) is 0. The smallest absolute Gasteiger partial charge is 0.0942 e. The fraction of sp³-hybridized carbons (Fsp3) is 0. The van der Waals surface area contributed by atoms with Gasteiger partial charge in [0.1, 0.15) is 0 Å². The maximum atomic E-state index is 4.66. The molecule has 0 radical (unpaired) electrons. The van der Waals surface area contributed by atoms with E-state index in [4.69, 9.17) is 0 Å². The Kier molecular flexibility index (Phi) is 8.74. The van der Waals surface area contributed by atoms with Gasteiger partial charge in [0.2, 0.25) is 0 Å². The lowest BCUT2D eigenvalue weighted by molar-refractivity contribution is 2.10. The zero-order chi connectivity index (χ0) is 7.44. The van der Waals surface area contributed by atoms with Crippen molar-refractivity contribution in [3.8, 4) is 0 Å². The Balaban J connectivity index is 3.82. The molecular weight excluding hydrogens is 263 g/mol. The summed E-state index contributed by atoms with van der Waals surface area (Å²) in [7, 11) is 10.8. The summed E-state index contributed by atoms with van der Waals surface area (Å²) in [6.45, 7) is -0.178. The van der Waals surface area contributed by atoms with E-state index in [-0.39, 0.29) is 21.4 Å². The Morgan fingerprint density at radius 2 is 1.33 bits per heavy atom. The standard InChI is InChI=1S/H8NP7S/c2-7(3)6(1-9)8(4)5/h2-5H2. The molecule has 0 aliphatic carbocycles. The highest BCUT2D eigenvalue weighted by molar-refractivity contribution is 8.97. The molecule has 4 atom stereocenters. The van der Waals surface area contributed by atoms with Crippen LogP contribution in [-0.2, 0) is 12.4 Å². The third-order valence-electron chi connectivity index (χ3n) is 0.486. The van der Waals surface area contributed by atoms with Crippen LogP contribution < -0.4 is 0 Å². The second kappa shape index (κ2) is 6.54. The predicted octanol–water partition coefficient (Wildman–Crippen LogP) is 4.07. The van der Waals surface area contributed by atoms with Gasteiger partial charge >= 0.3 is 0 Å². The summed E-state index contributed by atoms with van der Waals surface area (Å²) in [5.74, 6) is 0. The zero-order valence-electron chi connectivity index (χ0n) is 4.51. The maximum Gasteiger partial charge on any atom is 0.0942 e. The highest BCUT2D eigenvalue weighted by Crippen LogP contribution is 2.97. The minimum atomic E-state index is -0.255. The summed E-state index contributed by atoms with van der Waals surface area (Å²) in [5.41, 5.74) is 0. The molecule has 0 fully saturated rings. The lowest BCUT2D eigenvalue weighted by Crippen LogP contribution is -1.40. The fourth-order valence-corrected chi connectivity index (χ4v) is 35.8. The molecule has 0 aromatic carbocycles. The fourth-order valence-electron chi connectivity index (χ4n) is 0.204. The van der Waals surface area contributed by atoms with Gasteiger partial charge in [-0.15, -0.1) is 35.7 Å². The van der Waals surface area contributed by atoms with E-state index < -0.39 is 0 Å². The first kappa shape index (κ1) is 12.0. The minimum Gasteiger partial charge on any atom is -0.185 e. The first-order chi connectivity index (χ1) is 4.09. The van der Waals surface area contributed by atoms with Crippen molar-refractivity contribution in [2.75, 3.05) is 0 Å². The molecule has 0 saturated carbocycles. The van der Waals surface area contributed by atoms with Gasteiger partial charge in [0.15, 0.2) is 0 Å². The quantitative estimate of drug-likeness (QED) is 0.705. The molecule has 9 heavy (non-hydrogen) atoms. The number of nitrogens with zero attached hydrogens (tertiary/aromatic N) is 1. The van der Waals surface area contributed by atoms with E-state index in [0.717, 1.165) is 0 Å². The van der Waals surface area contributed by atoms with E-state index in [0.29, 0.717) is 0 Å². The van der Waals surface area contributed by atoms with Crippen LogP contribution in [0.15, 0.2) is 4.13 Å². The van der Waals surface area contributed by atoms with Crippen molar-refractivity contribution < 1.29 is 0 Å². The first-order valence-electron chi connectivity index (χ1n) is 1.82. The summed E-state index contributed by atoms with van der Waals surface area (Å²) in [4.78, 5) is 0. The van der Waals surface area contributed by atoms with E-state index >= 15 is 0 Å². The van der Waals surface area contributed by atoms with Crippen molar-refractivity contribution in [2.24, 2.45) is 4.13 Å². The van der Waals surface area contributed by atoms with Gasteiger partial charge < -0.3 is 0 Å². The highest BCUT2D eigenvalue weighted by atomic mass is 33.0. The van der Waals surface area contributed by atoms with Crippen LogP contribution in [-0.4, -0.2) is 0 Å². The summed E-state index contributed by atoms with van der Waals surface area (Å²) < 4.78 is 3.91. The van der Waals surface area contributed by atoms with E-state index in [1.807, 2.05) is 0 Å². The van der Waals surface area contributed by atoms with Gasteiger partial charge in [-0.1, -0.05) is 0 Å². The molecular formula is H8NP7S. The monoisotopic (exact) mass is 271 g/mol. The van der Waals surface area contributed by atoms with Crippen molar-refractivity contribution in [3.05, 3.63) is 0 Å². The average Bonchev–Trinajstić information content (AvgIpc) is 1.64. The molecule has 0 aliphatic rings. The van der Waals surface area contributed by atoms with E-state index in [1.54, 1.807) is 0 Å². The van der Waals surface area contributed by atoms with E-state index in [2.05, 4.69) is 52.3 Å². The van der Waals surface area contributed by atoms with Gasteiger partial charge in [0, 0.05) is 12.4 Å².